The number of fused-ring (bicyclic) bond motifs is 1. The number of aromatic nitrogens is 1. The van der Waals surface area contributed by atoms with Crippen LogP contribution in [0.5, 0.6) is 0 Å². The van der Waals surface area contributed by atoms with E-state index in [1.807, 2.05) is 64.0 Å². The highest BCUT2D eigenvalue weighted by Gasteiger charge is 2.27. The van der Waals surface area contributed by atoms with Crippen molar-refractivity contribution in [3.8, 4) is 11.3 Å². The Morgan fingerprint density at radius 2 is 1.92 bits per heavy atom. The zero-order valence-corrected chi connectivity index (χ0v) is 22.3. The fraction of sp³-hybridized carbons (Fsp3) is 0.407. The second-order valence-electron chi connectivity index (χ2n) is 9.36. The van der Waals surface area contributed by atoms with Gasteiger partial charge in [0.1, 0.15) is 5.84 Å². The Bertz CT molecular complexity index is 1230. The summed E-state index contributed by atoms with van der Waals surface area (Å²) >= 11 is 1.82. The first-order valence-electron chi connectivity index (χ1n) is 12.6. The molecule has 8 nitrogen and oxygen atoms in total. The van der Waals surface area contributed by atoms with E-state index in [0.717, 1.165) is 58.9 Å². The molecule has 2 amide bonds. The van der Waals surface area contributed by atoms with Crippen molar-refractivity contribution in [1.29, 1.82) is 0 Å². The lowest BCUT2D eigenvalue weighted by molar-refractivity contribution is 0.250. The lowest BCUT2D eigenvalue weighted by Crippen LogP contribution is -2.34. The summed E-state index contributed by atoms with van der Waals surface area (Å²) in [6.07, 6.45) is 4.42. The molecule has 4 rings (SSSR count). The molecule has 2 aromatic carbocycles. The molecule has 1 heterocycles. The maximum atomic E-state index is 12.1. The number of hydrazone groups is 1. The molecule has 1 fully saturated rings. The van der Waals surface area contributed by atoms with Gasteiger partial charge in [0.2, 0.25) is 0 Å². The number of rotatable bonds is 9. The Morgan fingerprint density at radius 3 is 2.53 bits per heavy atom. The number of hydrogen-bond donors (Lipinski definition) is 5. The number of thioether (sulfide) groups is 1. The monoisotopic (exact) mass is 507 g/mol. The molecule has 0 spiro atoms. The lowest BCUT2D eigenvalue weighted by atomic mass is 9.92. The number of nitrogens with one attached hydrogen (secondary N) is 4. The second-order valence-corrected chi connectivity index (χ2v) is 10.5. The summed E-state index contributed by atoms with van der Waals surface area (Å²) in [6.45, 7) is 3.87. The third-order valence-corrected chi connectivity index (χ3v) is 7.43. The zero-order valence-electron chi connectivity index (χ0n) is 21.5. The van der Waals surface area contributed by atoms with Crippen molar-refractivity contribution in [3.63, 3.8) is 0 Å². The standard InChI is InChI=1S/C27H37N7OS/c1-17(2)31-27(35)32-19-10-8-18(9-11-19)26-25(28)22-13-12-21(36-15-14-24(29-3)33-30-4)16-23(22)34(26)20-6-5-7-20/h8-13,16-17,20,30H,5-7,14-15,28H2,1-4H3,(H,29,33)(H2,31,32,35). The van der Waals surface area contributed by atoms with Crippen LogP contribution in [0.1, 0.15) is 45.6 Å². The number of carbonyl (C=O) groups is 1. The van der Waals surface area contributed by atoms with Gasteiger partial charge in [0, 0.05) is 59.9 Å². The van der Waals surface area contributed by atoms with Crippen LogP contribution in [0.15, 0.2) is 52.5 Å². The quantitative estimate of drug-likeness (QED) is 0.116. The Kier molecular flexibility index (Phi) is 8.30. The number of urea groups is 1. The van der Waals surface area contributed by atoms with Crippen molar-refractivity contribution in [2.24, 2.45) is 5.10 Å². The predicted molar refractivity (Wildman–Crippen MR) is 153 cm³/mol. The van der Waals surface area contributed by atoms with E-state index in [-0.39, 0.29) is 12.1 Å². The third kappa shape index (κ3) is 5.73. The van der Waals surface area contributed by atoms with Gasteiger partial charge in [-0.1, -0.05) is 12.1 Å². The average molecular weight is 508 g/mol. The lowest BCUT2D eigenvalue weighted by Gasteiger charge is -2.30. The first-order chi connectivity index (χ1) is 17.4. The highest BCUT2D eigenvalue weighted by molar-refractivity contribution is 7.99. The summed E-state index contributed by atoms with van der Waals surface area (Å²) in [5.74, 6) is 1.87. The molecular weight excluding hydrogens is 470 g/mol. The van der Waals surface area contributed by atoms with E-state index >= 15 is 0 Å². The van der Waals surface area contributed by atoms with Crippen molar-refractivity contribution in [1.82, 2.24) is 20.6 Å². The molecular formula is C27H37N7OS. The van der Waals surface area contributed by atoms with E-state index in [2.05, 4.69) is 49.2 Å². The van der Waals surface area contributed by atoms with Crippen molar-refractivity contribution in [3.05, 3.63) is 42.5 Å². The van der Waals surface area contributed by atoms with Gasteiger partial charge >= 0.3 is 6.03 Å². The minimum Gasteiger partial charge on any atom is -0.396 e. The van der Waals surface area contributed by atoms with Gasteiger partial charge in [-0.25, -0.2) is 4.79 Å². The molecule has 1 aliphatic carbocycles. The van der Waals surface area contributed by atoms with Gasteiger partial charge in [-0.05, 0) is 63.4 Å². The normalized spacial score (nSPS) is 14.1. The van der Waals surface area contributed by atoms with Gasteiger partial charge in [-0.3, -0.25) is 0 Å². The number of nitrogens with zero attached hydrogens (tertiary/aromatic N) is 2. The molecule has 0 bridgehead atoms. The maximum absolute atomic E-state index is 12.1. The molecule has 3 aromatic rings. The molecule has 0 atom stereocenters. The van der Waals surface area contributed by atoms with E-state index in [4.69, 9.17) is 5.73 Å². The molecule has 0 saturated heterocycles. The largest absolute Gasteiger partial charge is 0.396 e. The Balaban J connectivity index is 1.62. The fourth-order valence-corrected chi connectivity index (χ4v) is 5.39. The van der Waals surface area contributed by atoms with Crippen molar-refractivity contribution in [2.45, 2.75) is 56.5 Å². The molecule has 9 heteroatoms. The summed E-state index contributed by atoms with van der Waals surface area (Å²) < 4.78 is 2.44. The summed E-state index contributed by atoms with van der Waals surface area (Å²) in [6, 6.07) is 14.9. The molecule has 36 heavy (non-hydrogen) atoms. The van der Waals surface area contributed by atoms with Gasteiger partial charge < -0.3 is 31.7 Å². The highest BCUT2D eigenvalue weighted by Crippen LogP contribution is 2.45. The van der Waals surface area contributed by atoms with Crippen LogP contribution in [-0.4, -0.2) is 42.3 Å². The van der Waals surface area contributed by atoms with Crippen LogP contribution in [0.4, 0.5) is 16.2 Å². The minimum atomic E-state index is -0.204. The molecule has 192 valence electrons. The molecule has 6 N–H and O–H groups in total. The molecule has 1 saturated carbocycles. The number of nitrogen functional groups attached to an aromatic ring is 1. The van der Waals surface area contributed by atoms with Gasteiger partial charge in [0.15, 0.2) is 0 Å². The summed E-state index contributed by atoms with van der Waals surface area (Å²) in [5.41, 5.74) is 14.5. The van der Waals surface area contributed by atoms with Crippen LogP contribution in [0.25, 0.3) is 22.2 Å². The Labute approximate surface area is 217 Å². The van der Waals surface area contributed by atoms with Crippen LogP contribution in [0, 0.1) is 0 Å². The third-order valence-electron chi connectivity index (χ3n) is 6.43. The number of anilines is 2. The molecule has 1 aliphatic rings. The number of nitrogens with two attached hydrogens (primary N) is 1. The fourth-order valence-electron chi connectivity index (χ4n) is 4.50. The summed E-state index contributed by atoms with van der Waals surface area (Å²) in [4.78, 5) is 13.3. The molecule has 0 aliphatic heterocycles. The molecule has 0 radical (unpaired) electrons. The number of amides is 2. The van der Waals surface area contributed by atoms with Gasteiger partial charge in [0.05, 0.1) is 16.9 Å². The van der Waals surface area contributed by atoms with E-state index in [1.165, 1.54) is 16.8 Å². The van der Waals surface area contributed by atoms with Gasteiger partial charge in [-0.15, -0.1) is 11.8 Å². The number of benzene rings is 2. The van der Waals surface area contributed by atoms with Crippen molar-refractivity contribution >= 4 is 45.9 Å². The first-order valence-corrected chi connectivity index (χ1v) is 13.5. The van der Waals surface area contributed by atoms with E-state index in [9.17, 15) is 4.79 Å². The van der Waals surface area contributed by atoms with Crippen molar-refractivity contribution < 1.29 is 4.79 Å². The summed E-state index contributed by atoms with van der Waals surface area (Å²) in [7, 11) is 3.70. The molecule has 1 aromatic heterocycles. The smallest absolute Gasteiger partial charge is 0.319 e. The number of carbonyl (C=O) groups excluding carboxylic acids is 1. The SMILES string of the molecule is CN/N=C(/CCSc1ccc2c(N)c(-c3ccc(NC(=O)NC(C)C)cc3)n(C3CCC3)c2c1)NC. The molecule has 0 unspecified atom stereocenters. The predicted octanol–water partition coefficient (Wildman–Crippen LogP) is 5.38. The van der Waals surface area contributed by atoms with Crippen LogP contribution in [0.2, 0.25) is 0 Å². The maximum Gasteiger partial charge on any atom is 0.319 e. The minimum absolute atomic E-state index is 0.0807. The van der Waals surface area contributed by atoms with Crippen LogP contribution >= 0.6 is 11.8 Å². The second kappa shape index (κ2) is 11.6. The summed E-state index contributed by atoms with van der Waals surface area (Å²) in [5, 5.41) is 14.2. The topological polar surface area (TPSA) is 108 Å². The number of hydrogen-bond acceptors (Lipinski definition) is 5. The highest BCUT2D eigenvalue weighted by atomic mass is 32.2. The van der Waals surface area contributed by atoms with E-state index < -0.39 is 0 Å². The van der Waals surface area contributed by atoms with E-state index in [1.54, 1.807) is 0 Å². The number of amidine groups is 1. The Morgan fingerprint density at radius 1 is 1.17 bits per heavy atom. The average Bonchev–Trinajstić information content (AvgIpc) is 3.09. The van der Waals surface area contributed by atoms with Gasteiger partial charge in [-0.2, -0.15) is 5.10 Å². The van der Waals surface area contributed by atoms with Crippen LogP contribution in [0.3, 0.4) is 0 Å². The first kappa shape index (κ1) is 25.8. The zero-order chi connectivity index (χ0) is 25.7. The van der Waals surface area contributed by atoms with Crippen molar-refractivity contribution in [2.75, 3.05) is 30.9 Å². The van der Waals surface area contributed by atoms with Crippen LogP contribution < -0.4 is 27.1 Å². The van der Waals surface area contributed by atoms with Crippen LogP contribution in [-0.2, 0) is 0 Å². The Hall–Kier alpha value is -3.33. The van der Waals surface area contributed by atoms with E-state index in [0.29, 0.717) is 6.04 Å². The van der Waals surface area contributed by atoms with Gasteiger partial charge in [0.25, 0.3) is 0 Å².